The lowest BCUT2D eigenvalue weighted by Gasteiger charge is -2.04. The average molecular weight is 221 g/mol. The van der Waals surface area contributed by atoms with Crippen LogP contribution in [0.1, 0.15) is 0 Å². The fraction of sp³-hybridized carbons (Fsp3) is 0.250. The van der Waals surface area contributed by atoms with Crippen LogP contribution in [-0.4, -0.2) is 32.1 Å². The zero-order valence-electron chi connectivity index (χ0n) is 9.64. The molecular formula is C12H15NO3. The summed E-state index contributed by atoms with van der Waals surface area (Å²) in [7, 11) is 5.25. The number of carbonyl (C=O) groups excluding carboxylic acids is 1. The molecule has 0 saturated carbocycles. The summed E-state index contributed by atoms with van der Waals surface area (Å²) in [6, 6.07) is 6.83. The molecule has 0 amide bonds. The van der Waals surface area contributed by atoms with Crippen molar-refractivity contribution in [3.8, 4) is 11.5 Å². The van der Waals surface area contributed by atoms with Crippen LogP contribution in [0.25, 0.3) is 0 Å². The van der Waals surface area contributed by atoms with Gasteiger partial charge in [0, 0.05) is 26.4 Å². The molecule has 86 valence electrons. The molecule has 1 rings (SSSR count). The highest BCUT2D eigenvalue weighted by atomic mass is 16.5. The van der Waals surface area contributed by atoms with Crippen LogP contribution in [0.4, 0.5) is 0 Å². The third-order valence-corrected chi connectivity index (χ3v) is 1.79. The molecule has 0 aliphatic carbocycles. The molecule has 0 aliphatic heterocycles. The molecular weight excluding hydrogens is 206 g/mol. The second-order valence-corrected chi connectivity index (χ2v) is 3.38. The highest BCUT2D eigenvalue weighted by Gasteiger charge is 2.00. The first-order valence-electron chi connectivity index (χ1n) is 4.82. The number of ether oxygens (including phenoxy) is 2. The lowest BCUT2D eigenvalue weighted by atomic mass is 10.3. The molecule has 4 heteroatoms. The van der Waals surface area contributed by atoms with E-state index in [2.05, 4.69) is 0 Å². The number of benzene rings is 1. The van der Waals surface area contributed by atoms with Gasteiger partial charge in [-0.3, -0.25) is 0 Å². The van der Waals surface area contributed by atoms with Crippen molar-refractivity contribution in [2.45, 2.75) is 0 Å². The molecule has 0 bridgehead atoms. The molecule has 0 saturated heterocycles. The molecule has 0 unspecified atom stereocenters. The Morgan fingerprint density at radius 2 is 1.75 bits per heavy atom. The Hall–Kier alpha value is -1.97. The van der Waals surface area contributed by atoms with Gasteiger partial charge in [0.25, 0.3) is 0 Å². The molecule has 0 heterocycles. The summed E-state index contributed by atoms with van der Waals surface area (Å²) in [5, 5.41) is 0. The van der Waals surface area contributed by atoms with Crippen LogP contribution in [0, 0.1) is 0 Å². The average Bonchev–Trinajstić information content (AvgIpc) is 2.27. The number of nitrogens with zero attached hydrogens (tertiary/aromatic N) is 1. The number of rotatable bonds is 4. The summed E-state index contributed by atoms with van der Waals surface area (Å²) >= 11 is 0. The maximum absolute atomic E-state index is 11.3. The number of esters is 1. The van der Waals surface area contributed by atoms with Crippen LogP contribution in [0.15, 0.2) is 36.5 Å². The minimum atomic E-state index is -0.404. The van der Waals surface area contributed by atoms with E-state index in [-0.39, 0.29) is 0 Å². The van der Waals surface area contributed by atoms with E-state index in [9.17, 15) is 4.79 Å². The van der Waals surface area contributed by atoms with Crippen molar-refractivity contribution in [1.29, 1.82) is 0 Å². The van der Waals surface area contributed by atoms with Crippen LogP contribution in [0.5, 0.6) is 11.5 Å². The molecule has 0 fully saturated rings. The molecule has 0 atom stereocenters. The van der Waals surface area contributed by atoms with E-state index in [0.717, 1.165) is 5.75 Å². The third-order valence-electron chi connectivity index (χ3n) is 1.79. The van der Waals surface area contributed by atoms with Gasteiger partial charge >= 0.3 is 5.97 Å². The number of hydrogen-bond acceptors (Lipinski definition) is 4. The number of carbonyl (C=O) groups is 1. The van der Waals surface area contributed by atoms with Crippen LogP contribution in [0.2, 0.25) is 0 Å². The van der Waals surface area contributed by atoms with Crippen LogP contribution in [-0.2, 0) is 4.79 Å². The third kappa shape index (κ3) is 4.04. The minimum absolute atomic E-state index is 0.404. The highest BCUT2D eigenvalue weighted by molar-refractivity contribution is 5.83. The number of hydrogen-bond donors (Lipinski definition) is 0. The Bertz CT molecular complexity index is 368. The van der Waals surface area contributed by atoms with E-state index in [0.29, 0.717) is 5.75 Å². The van der Waals surface area contributed by atoms with Crippen molar-refractivity contribution in [3.63, 3.8) is 0 Å². The second-order valence-electron chi connectivity index (χ2n) is 3.38. The molecule has 4 nitrogen and oxygen atoms in total. The summed E-state index contributed by atoms with van der Waals surface area (Å²) in [5.41, 5.74) is 0. The number of methoxy groups -OCH3 is 1. The monoisotopic (exact) mass is 221 g/mol. The Kier molecular flexibility index (Phi) is 4.39. The lowest BCUT2D eigenvalue weighted by molar-refractivity contribution is -0.129. The summed E-state index contributed by atoms with van der Waals surface area (Å²) in [6.45, 7) is 0. The van der Waals surface area contributed by atoms with Crippen LogP contribution >= 0.6 is 0 Å². The van der Waals surface area contributed by atoms with E-state index in [1.54, 1.807) is 42.5 Å². The quantitative estimate of drug-likeness (QED) is 0.440. The van der Waals surface area contributed by atoms with Crippen LogP contribution < -0.4 is 9.47 Å². The molecule has 0 spiro atoms. The van der Waals surface area contributed by atoms with Crippen molar-refractivity contribution >= 4 is 5.97 Å². The van der Waals surface area contributed by atoms with Gasteiger partial charge in [0.15, 0.2) is 0 Å². The van der Waals surface area contributed by atoms with Crippen molar-refractivity contribution in [1.82, 2.24) is 4.90 Å². The summed E-state index contributed by atoms with van der Waals surface area (Å²) < 4.78 is 10.0. The SMILES string of the molecule is COc1ccc(OC(=O)/C=C/N(C)C)cc1. The largest absolute Gasteiger partial charge is 0.497 e. The van der Waals surface area contributed by atoms with E-state index in [1.807, 2.05) is 14.1 Å². The van der Waals surface area contributed by atoms with Crippen LogP contribution in [0.3, 0.4) is 0 Å². The predicted molar refractivity (Wildman–Crippen MR) is 61.5 cm³/mol. The molecule has 1 aromatic carbocycles. The van der Waals surface area contributed by atoms with Gasteiger partial charge in [0.05, 0.1) is 7.11 Å². The Labute approximate surface area is 95.1 Å². The maximum Gasteiger partial charge on any atom is 0.337 e. The zero-order chi connectivity index (χ0) is 12.0. The van der Waals surface area contributed by atoms with E-state index in [4.69, 9.17) is 9.47 Å². The molecule has 0 aliphatic rings. The van der Waals surface area contributed by atoms with E-state index in [1.165, 1.54) is 6.08 Å². The summed E-state index contributed by atoms with van der Waals surface area (Å²) in [4.78, 5) is 13.1. The first-order chi connectivity index (χ1) is 7.61. The smallest absolute Gasteiger partial charge is 0.337 e. The maximum atomic E-state index is 11.3. The molecule has 1 aromatic rings. The van der Waals surface area contributed by atoms with Gasteiger partial charge in [-0.05, 0) is 24.3 Å². The van der Waals surface area contributed by atoms with Gasteiger partial charge in [-0.2, -0.15) is 0 Å². The highest BCUT2D eigenvalue weighted by Crippen LogP contribution is 2.17. The fourth-order valence-corrected chi connectivity index (χ4v) is 1.00. The molecule has 16 heavy (non-hydrogen) atoms. The Morgan fingerprint density at radius 3 is 2.25 bits per heavy atom. The zero-order valence-corrected chi connectivity index (χ0v) is 9.64. The van der Waals surface area contributed by atoms with Gasteiger partial charge in [0.2, 0.25) is 0 Å². The Morgan fingerprint density at radius 1 is 1.19 bits per heavy atom. The van der Waals surface area contributed by atoms with Gasteiger partial charge in [-0.15, -0.1) is 0 Å². The molecule has 0 aromatic heterocycles. The Balaban J connectivity index is 2.56. The van der Waals surface area contributed by atoms with Crippen molar-refractivity contribution in [2.75, 3.05) is 21.2 Å². The summed E-state index contributed by atoms with van der Waals surface area (Å²) in [5.74, 6) is 0.816. The minimum Gasteiger partial charge on any atom is -0.497 e. The van der Waals surface area contributed by atoms with E-state index >= 15 is 0 Å². The van der Waals surface area contributed by atoms with E-state index < -0.39 is 5.97 Å². The normalized spacial score (nSPS) is 10.2. The summed E-state index contributed by atoms with van der Waals surface area (Å²) in [6.07, 6.45) is 3.00. The first-order valence-corrected chi connectivity index (χ1v) is 4.82. The van der Waals surface area contributed by atoms with Crippen molar-refractivity contribution in [3.05, 3.63) is 36.5 Å². The topological polar surface area (TPSA) is 38.8 Å². The molecule has 0 radical (unpaired) electrons. The van der Waals surface area contributed by atoms with Crippen molar-refractivity contribution < 1.29 is 14.3 Å². The molecule has 0 N–H and O–H groups in total. The second kappa shape index (κ2) is 5.80. The fourth-order valence-electron chi connectivity index (χ4n) is 1.00. The first kappa shape index (κ1) is 12.1. The standard InChI is InChI=1S/C12H15NO3/c1-13(2)9-8-12(14)16-11-6-4-10(15-3)5-7-11/h4-9H,1-3H3/b9-8+. The van der Waals surface area contributed by atoms with Crippen molar-refractivity contribution in [2.24, 2.45) is 0 Å². The lowest BCUT2D eigenvalue weighted by Crippen LogP contribution is -2.07. The predicted octanol–water partition coefficient (Wildman–Crippen LogP) is 1.68. The van der Waals surface area contributed by atoms with Gasteiger partial charge in [0.1, 0.15) is 11.5 Å². The van der Waals surface area contributed by atoms with Gasteiger partial charge in [-0.1, -0.05) is 0 Å². The van der Waals surface area contributed by atoms with Gasteiger partial charge in [-0.25, -0.2) is 4.79 Å². The van der Waals surface area contributed by atoms with Gasteiger partial charge < -0.3 is 14.4 Å².